The molecule has 0 atom stereocenters. The molecule has 2 aromatic carbocycles. The molecule has 0 aliphatic carbocycles. The van der Waals surface area contributed by atoms with Gasteiger partial charge in [0.25, 0.3) is 0 Å². The largest absolute Gasteiger partial charge is 0.503 e. The number of ether oxygens (including phenoxy) is 1. The number of fused-ring (bicyclic) bond motifs is 1. The second-order valence-electron chi connectivity index (χ2n) is 5.05. The first-order valence-electron chi connectivity index (χ1n) is 7.07. The Hall–Kier alpha value is -2.32. The average Bonchev–Trinajstić information content (AvgIpc) is 3.01. The van der Waals surface area contributed by atoms with Crippen molar-refractivity contribution in [3.05, 3.63) is 56.7 Å². The van der Waals surface area contributed by atoms with Gasteiger partial charge in [-0.05, 0) is 57.9 Å². The molecule has 6 nitrogen and oxygen atoms in total. The van der Waals surface area contributed by atoms with Crippen molar-refractivity contribution in [3.8, 4) is 11.5 Å². The number of amides is 1. The van der Waals surface area contributed by atoms with Gasteiger partial charge in [0, 0.05) is 9.86 Å². The Labute approximate surface area is 159 Å². The first kappa shape index (κ1) is 17.5. The number of hydrogen-bond donors (Lipinski definition) is 2. The summed E-state index contributed by atoms with van der Waals surface area (Å²) in [6.45, 7) is 0. The average molecular weight is 468 g/mol. The fourth-order valence-electron chi connectivity index (χ4n) is 2.17. The lowest BCUT2D eigenvalue weighted by Crippen LogP contribution is -2.16. The molecule has 0 saturated heterocycles. The van der Waals surface area contributed by atoms with Crippen LogP contribution in [0.1, 0.15) is 16.1 Å². The van der Waals surface area contributed by atoms with E-state index in [-0.39, 0.29) is 11.5 Å². The van der Waals surface area contributed by atoms with E-state index in [4.69, 9.17) is 9.15 Å². The number of hydrazone groups is 1. The molecular formula is C17H12Br2N2O4. The summed E-state index contributed by atoms with van der Waals surface area (Å²) in [5, 5.41) is 14.5. The Morgan fingerprint density at radius 3 is 2.84 bits per heavy atom. The fourth-order valence-corrected chi connectivity index (χ4v) is 3.01. The third kappa shape index (κ3) is 3.85. The summed E-state index contributed by atoms with van der Waals surface area (Å²) in [4.78, 5) is 12.1. The van der Waals surface area contributed by atoms with Crippen molar-refractivity contribution in [1.29, 1.82) is 0 Å². The molecule has 25 heavy (non-hydrogen) atoms. The predicted molar refractivity (Wildman–Crippen MR) is 101 cm³/mol. The van der Waals surface area contributed by atoms with Crippen LogP contribution in [0.25, 0.3) is 11.0 Å². The van der Waals surface area contributed by atoms with Crippen molar-refractivity contribution < 1.29 is 19.1 Å². The van der Waals surface area contributed by atoms with Gasteiger partial charge in [-0.2, -0.15) is 5.10 Å². The van der Waals surface area contributed by atoms with Crippen molar-refractivity contribution >= 4 is 55.0 Å². The number of nitrogens with zero attached hydrogens (tertiary/aromatic N) is 1. The Morgan fingerprint density at radius 1 is 1.28 bits per heavy atom. The molecule has 2 N–H and O–H groups in total. The molecular weight excluding hydrogens is 456 g/mol. The molecule has 0 aliphatic heterocycles. The number of nitrogens with one attached hydrogen (secondary N) is 1. The maximum absolute atomic E-state index is 12.1. The lowest BCUT2D eigenvalue weighted by Gasteiger charge is -2.06. The number of phenols is 1. The zero-order valence-electron chi connectivity index (χ0n) is 12.9. The molecule has 0 aliphatic rings. The summed E-state index contributed by atoms with van der Waals surface area (Å²) in [7, 11) is 1.45. The Balaban J connectivity index is 1.75. The fraction of sp³-hybridized carbons (Fsp3) is 0.0588. The van der Waals surface area contributed by atoms with Crippen LogP contribution in [0.5, 0.6) is 11.5 Å². The number of phenolic OH excluding ortho intramolecular Hbond substituents is 1. The van der Waals surface area contributed by atoms with Gasteiger partial charge in [0.2, 0.25) is 0 Å². The molecule has 3 aromatic rings. The van der Waals surface area contributed by atoms with Gasteiger partial charge in [-0.25, -0.2) is 5.43 Å². The number of carbonyl (C=O) groups excluding carboxylic acids is 1. The van der Waals surface area contributed by atoms with E-state index in [0.717, 1.165) is 9.86 Å². The SMILES string of the molecule is COc1cc(/C=N/NC(=O)c2cc3cc(Br)ccc3o2)cc(Br)c1O. The van der Waals surface area contributed by atoms with Crippen LogP contribution in [0.2, 0.25) is 0 Å². The van der Waals surface area contributed by atoms with Gasteiger partial charge < -0.3 is 14.3 Å². The molecule has 1 heterocycles. The summed E-state index contributed by atoms with van der Waals surface area (Å²) in [5.74, 6) is -0.00904. The zero-order chi connectivity index (χ0) is 18.0. The molecule has 0 unspecified atom stereocenters. The van der Waals surface area contributed by atoms with Gasteiger partial charge in [-0.3, -0.25) is 4.79 Å². The molecule has 3 rings (SSSR count). The Bertz CT molecular complexity index is 982. The van der Waals surface area contributed by atoms with Gasteiger partial charge >= 0.3 is 5.91 Å². The third-order valence-electron chi connectivity index (χ3n) is 3.35. The number of hydrogen-bond acceptors (Lipinski definition) is 5. The second-order valence-corrected chi connectivity index (χ2v) is 6.82. The summed E-state index contributed by atoms with van der Waals surface area (Å²) in [5.41, 5.74) is 3.65. The number of methoxy groups -OCH3 is 1. The predicted octanol–water partition coefficient (Wildman–Crippen LogP) is 4.44. The number of furan rings is 1. The highest BCUT2D eigenvalue weighted by Crippen LogP contribution is 2.34. The Morgan fingerprint density at radius 2 is 2.08 bits per heavy atom. The molecule has 0 radical (unpaired) electrons. The van der Waals surface area contributed by atoms with Crippen LogP contribution < -0.4 is 10.2 Å². The van der Waals surface area contributed by atoms with Crippen LogP contribution in [0, 0.1) is 0 Å². The molecule has 1 aromatic heterocycles. The highest BCUT2D eigenvalue weighted by atomic mass is 79.9. The minimum Gasteiger partial charge on any atom is -0.503 e. The first-order chi connectivity index (χ1) is 12.0. The quantitative estimate of drug-likeness (QED) is 0.439. The van der Waals surface area contributed by atoms with Gasteiger partial charge in [-0.1, -0.05) is 15.9 Å². The molecule has 128 valence electrons. The van der Waals surface area contributed by atoms with E-state index in [1.165, 1.54) is 13.3 Å². The van der Waals surface area contributed by atoms with Crippen LogP contribution in [0.15, 0.2) is 54.9 Å². The number of aromatic hydroxyl groups is 1. The smallest absolute Gasteiger partial charge is 0.307 e. The van der Waals surface area contributed by atoms with Crippen LogP contribution in [-0.4, -0.2) is 24.3 Å². The summed E-state index contributed by atoms with van der Waals surface area (Å²) in [6, 6.07) is 10.4. The van der Waals surface area contributed by atoms with Crippen LogP contribution in [0.4, 0.5) is 0 Å². The topological polar surface area (TPSA) is 84.1 Å². The minimum absolute atomic E-state index is 0.00266. The number of carbonyl (C=O) groups is 1. The van der Waals surface area contributed by atoms with E-state index in [1.54, 1.807) is 24.3 Å². The zero-order valence-corrected chi connectivity index (χ0v) is 16.1. The molecule has 0 fully saturated rings. The molecule has 1 amide bonds. The van der Waals surface area contributed by atoms with E-state index >= 15 is 0 Å². The van der Waals surface area contributed by atoms with Crippen molar-refractivity contribution in [2.45, 2.75) is 0 Å². The lowest BCUT2D eigenvalue weighted by atomic mass is 10.2. The summed E-state index contributed by atoms with van der Waals surface area (Å²) in [6.07, 6.45) is 1.43. The summed E-state index contributed by atoms with van der Waals surface area (Å²) < 4.78 is 11.9. The molecule has 8 heteroatoms. The number of benzene rings is 2. The Kier molecular flexibility index (Phi) is 5.10. The normalized spacial score (nSPS) is 11.2. The van der Waals surface area contributed by atoms with Gasteiger partial charge in [-0.15, -0.1) is 0 Å². The molecule has 0 bridgehead atoms. The number of halogens is 2. The third-order valence-corrected chi connectivity index (χ3v) is 4.45. The molecule has 0 spiro atoms. The van der Waals surface area contributed by atoms with Crippen molar-refractivity contribution in [2.75, 3.05) is 7.11 Å². The minimum atomic E-state index is -0.464. The first-order valence-corrected chi connectivity index (χ1v) is 8.65. The van der Waals surface area contributed by atoms with E-state index in [0.29, 0.717) is 21.4 Å². The van der Waals surface area contributed by atoms with E-state index in [2.05, 4.69) is 42.4 Å². The van der Waals surface area contributed by atoms with Crippen LogP contribution >= 0.6 is 31.9 Å². The monoisotopic (exact) mass is 466 g/mol. The van der Waals surface area contributed by atoms with Crippen molar-refractivity contribution in [3.63, 3.8) is 0 Å². The summed E-state index contributed by atoms with van der Waals surface area (Å²) >= 11 is 6.59. The van der Waals surface area contributed by atoms with E-state index in [1.807, 2.05) is 12.1 Å². The van der Waals surface area contributed by atoms with Crippen molar-refractivity contribution in [1.82, 2.24) is 5.43 Å². The van der Waals surface area contributed by atoms with E-state index < -0.39 is 5.91 Å². The van der Waals surface area contributed by atoms with Gasteiger partial charge in [0.1, 0.15) is 5.58 Å². The van der Waals surface area contributed by atoms with Crippen molar-refractivity contribution in [2.24, 2.45) is 5.10 Å². The van der Waals surface area contributed by atoms with Crippen LogP contribution in [0.3, 0.4) is 0 Å². The maximum atomic E-state index is 12.1. The maximum Gasteiger partial charge on any atom is 0.307 e. The standard InChI is InChI=1S/C17H12Br2N2O4/c1-24-14-5-9(4-12(19)16(14)22)8-20-21-17(23)15-7-10-6-11(18)2-3-13(10)25-15/h2-8,22H,1H3,(H,21,23)/b20-8+. The lowest BCUT2D eigenvalue weighted by molar-refractivity contribution is 0.0929. The highest BCUT2D eigenvalue weighted by Gasteiger charge is 2.12. The van der Waals surface area contributed by atoms with Gasteiger partial charge in [0.15, 0.2) is 17.3 Å². The highest BCUT2D eigenvalue weighted by molar-refractivity contribution is 9.10. The van der Waals surface area contributed by atoms with E-state index in [9.17, 15) is 9.90 Å². The van der Waals surface area contributed by atoms with Gasteiger partial charge in [0.05, 0.1) is 17.8 Å². The van der Waals surface area contributed by atoms with Crippen LogP contribution in [-0.2, 0) is 0 Å². The molecule has 0 saturated carbocycles. The number of rotatable bonds is 4. The second kappa shape index (κ2) is 7.28.